The predicted molar refractivity (Wildman–Crippen MR) is 62.7 cm³/mol. The molecular weight excluding hydrogens is 188 g/mol. The van der Waals surface area contributed by atoms with Crippen molar-refractivity contribution in [2.75, 3.05) is 14.1 Å². The van der Waals surface area contributed by atoms with Gasteiger partial charge in [-0.05, 0) is 25.7 Å². The molecule has 0 radical (unpaired) electrons. The van der Waals surface area contributed by atoms with Gasteiger partial charge in [-0.2, -0.15) is 0 Å². The van der Waals surface area contributed by atoms with E-state index >= 15 is 0 Å². The third kappa shape index (κ3) is 3.49. The molecular formula is C12H24N2O. The van der Waals surface area contributed by atoms with Gasteiger partial charge in [-0.3, -0.25) is 4.79 Å². The van der Waals surface area contributed by atoms with Crippen LogP contribution in [0.4, 0.5) is 0 Å². The molecule has 15 heavy (non-hydrogen) atoms. The third-order valence-electron chi connectivity index (χ3n) is 3.39. The van der Waals surface area contributed by atoms with Crippen LogP contribution in [0, 0.1) is 5.92 Å². The van der Waals surface area contributed by atoms with Gasteiger partial charge in [-0.1, -0.05) is 19.8 Å². The van der Waals surface area contributed by atoms with Crippen molar-refractivity contribution in [3.8, 4) is 0 Å². The number of carbonyl (C=O) groups is 1. The highest BCUT2D eigenvalue weighted by atomic mass is 16.2. The monoisotopic (exact) mass is 212 g/mol. The van der Waals surface area contributed by atoms with Crippen LogP contribution in [0.3, 0.4) is 0 Å². The van der Waals surface area contributed by atoms with Crippen LogP contribution in [0.15, 0.2) is 0 Å². The maximum Gasteiger partial charge on any atom is 0.238 e. The first-order chi connectivity index (χ1) is 7.02. The smallest absolute Gasteiger partial charge is 0.238 e. The van der Waals surface area contributed by atoms with Gasteiger partial charge in [0, 0.05) is 20.1 Å². The van der Waals surface area contributed by atoms with Gasteiger partial charge in [0.05, 0.1) is 6.04 Å². The average molecular weight is 212 g/mol. The lowest BCUT2D eigenvalue weighted by Gasteiger charge is -2.32. The zero-order valence-corrected chi connectivity index (χ0v) is 10.4. The van der Waals surface area contributed by atoms with E-state index in [0.717, 1.165) is 0 Å². The van der Waals surface area contributed by atoms with E-state index in [-0.39, 0.29) is 11.9 Å². The molecule has 1 fully saturated rings. The Morgan fingerprint density at radius 3 is 2.47 bits per heavy atom. The predicted octanol–water partition coefficient (Wildman–Crippen LogP) is 1.63. The third-order valence-corrected chi connectivity index (χ3v) is 3.39. The number of carbonyl (C=O) groups excluding carboxylic acids is 1. The van der Waals surface area contributed by atoms with Crippen molar-refractivity contribution in [2.45, 2.75) is 51.6 Å². The first-order valence-corrected chi connectivity index (χ1v) is 5.99. The minimum atomic E-state index is -0.0504. The van der Waals surface area contributed by atoms with Crippen LogP contribution in [0.25, 0.3) is 0 Å². The summed E-state index contributed by atoms with van der Waals surface area (Å²) in [6.45, 7) is 4.24. The molecule has 1 aliphatic rings. The lowest BCUT2D eigenvalue weighted by molar-refractivity contribution is -0.130. The molecule has 88 valence electrons. The van der Waals surface area contributed by atoms with Gasteiger partial charge in [-0.25, -0.2) is 0 Å². The molecule has 0 aromatic heterocycles. The van der Waals surface area contributed by atoms with Crippen molar-refractivity contribution in [1.82, 2.24) is 10.2 Å². The SMILES string of the molecule is CC(NC1CCCCC1C)C(=O)N(C)C. The Bertz CT molecular complexity index is 216. The van der Waals surface area contributed by atoms with E-state index in [1.807, 2.05) is 21.0 Å². The van der Waals surface area contributed by atoms with E-state index in [1.54, 1.807) is 4.90 Å². The number of hydrogen-bond acceptors (Lipinski definition) is 2. The Labute approximate surface area is 93.2 Å². The fraction of sp³-hybridized carbons (Fsp3) is 0.917. The van der Waals surface area contributed by atoms with E-state index < -0.39 is 0 Å². The molecule has 1 rings (SSSR count). The van der Waals surface area contributed by atoms with E-state index in [2.05, 4.69) is 12.2 Å². The summed E-state index contributed by atoms with van der Waals surface area (Å²) in [4.78, 5) is 13.3. The van der Waals surface area contributed by atoms with Crippen molar-refractivity contribution in [3.05, 3.63) is 0 Å². The second-order valence-electron chi connectivity index (χ2n) is 4.99. The Morgan fingerprint density at radius 1 is 1.33 bits per heavy atom. The summed E-state index contributed by atoms with van der Waals surface area (Å²) in [7, 11) is 3.62. The maximum atomic E-state index is 11.7. The zero-order valence-electron chi connectivity index (χ0n) is 10.4. The van der Waals surface area contributed by atoms with Crippen molar-refractivity contribution in [2.24, 2.45) is 5.92 Å². The largest absolute Gasteiger partial charge is 0.347 e. The second-order valence-corrected chi connectivity index (χ2v) is 4.99. The molecule has 0 saturated heterocycles. The van der Waals surface area contributed by atoms with Gasteiger partial charge in [0.25, 0.3) is 0 Å². The van der Waals surface area contributed by atoms with Crippen LogP contribution in [-0.4, -0.2) is 37.0 Å². The van der Waals surface area contributed by atoms with Crippen LogP contribution in [0.2, 0.25) is 0 Å². The molecule has 0 spiro atoms. The van der Waals surface area contributed by atoms with Gasteiger partial charge < -0.3 is 10.2 Å². The summed E-state index contributed by atoms with van der Waals surface area (Å²) in [6.07, 6.45) is 5.15. The number of nitrogens with one attached hydrogen (secondary N) is 1. The van der Waals surface area contributed by atoms with Crippen molar-refractivity contribution < 1.29 is 4.79 Å². The van der Waals surface area contributed by atoms with E-state index in [1.165, 1.54) is 25.7 Å². The number of likely N-dealkylation sites (N-methyl/N-ethyl adjacent to an activating group) is 1. The van der Waals surface area contributed by atoms with E-state index in [0.29, 0.717) is 12.0 Å². The topological polar surface area (TPSA) is 32.3 Å². The Balaban J connectivity index is 2.42. The highest BCUT2D eigenvalue weighted by Crippen LogP contribution is 2.24. The van der Waals surface area contributed by atoms with Crippen LogP contribution in [-0.2, 0) is 4.79 Å². The lowest BCUT2D eigenvalue weighted by Crippen LogP contribution is -2.49. The molecule has 3 nitrogen and oxygen atoms in total. The van der Waals surface area contributed by atoms with Gasteiger partial charge in [0.15, 0.2) is 0 Å². The van der Waals surface area contributed by atoms with Crippen LogP contribution in [0.5, 0.6) is 0 Å². The highest BCUT2D eigenvalue weighted by molar-refractivity contribution is 5.80. The van der Waals surface area contributed by atoms with Gasteiger partial charge >= 0.3 is 0 Å². The van der Waals surface area contributed by atoms with Crippen LogP contribution >= 0.6 is 0 Å². The minimum Gasteiger partial charge on any atom is -0.347 e. The molecule has 0 aromatic carbocycles. The fourth-order valence-electron chi connectivity index (χ4n) is 2.34. The second kappa shape index (κ2) is 5.50. The summed E-state index contributed by atoms with van der Waals surface area (Å²) in [6, 6.07) is 0.475. The summed E-state index contributed by atoms with van der Waals surface area (Å²) >= 11 is 0. The number of amides is 1. The minimum absolute atomic E-state index is 0.0504. The zero-order chi connectivity index (χ0) is 11.4. The lowest BCUT2D eigenvalue weighted by atomic mass is 9.85. The van der Waals surface area contributed by atoms with E-state index in [9.17, 15) is 4.79 Å². The van der Waals surface area contributed by atoms with Crippen molar-refractivity contribution in [1.29, 1.82) is 0 Å². The van der Waals surface area contributed by atoms with Gasteiger partial charge in [0.2, 0.25) is 5.91 Å². The summed E-state index contributed by atoms with van der Waals surface area (Å²) < 4.78 is 0. The normalized spacial score (nSPS) is 28.5. The highest BCUT2D eigenvalue weighted by Gasteiger charge is 2.25. The number of nitrogens with zero attached hydrogens (tertiary/aromatic N) is 1. The molecule has 1 N–H and O–H groups in total. The van der Waals surface area contributed by atoms with Gasteiger partial charge in [-0.15, -0.1) is 0 Å². The Hall–Kier alpha value is -0.570. The Kier molecular flexibility index (Phi) is 4.58. The maximum absolute atomic E-state index is 11.7. The molecule has 3 heteroatoms. The standard InChI is InChI=1S/C12H24N2O/c1-9-7-5-6-8-11(9)13-10(2)12(15)14(3)4/h9-11,13H,5-8H2,1-4H3. The molecule has 1 saturated carbocycles. The van der Waals surface area contributed by atoms with Crippen molar-refractivity contribution in [3.63, 3.8) is 0 Å². The fourth-order valence-corrected chi connectivity index (χ4v) is 2.34. The first-order valence-electron chi connectivity index (χ1n) is 5.99. The first kappa shape index (κ1) is 12.5. The van der Waals surface area contributed by atoms with Crippen molar-refractivity contribution >= 4 is 5.91 Å². The Morgan fingerprint density at radius 2 is 1.93 bits per heavy atom. The molecule has 0 aromatic rings. The molecule has 3 atom stereocenters. The summed E-state index contributed by atoms with van der Waals surface area (Å²) in [5.74, 6) is 0.879. The molecule has 0 aliphatic heterocycles. The summed E-state index contributed by atoms with van der Waals surface area (Å²) in [5.41, 5.74) is 0. The van der Waals surface area contributed by atoms with Crippen LogP contribution in [0.1, 0.15) is 39.5 Å². The molecule has 3 unspecified atom stereocenters. The molecule has 0 bridgehead atoms. The van der Waals surface area contributed by atoms with Gasteiger partial charge in [0.1, 0.15) is 0 Å². The number of hydrogen-bond donors (Lipinski definition) is 1. The summed E-state index contributed by atoms with van der Waals surface area (Å²) in [5, 5.41) is 3.46. The quantitative estimate of drug-likeness (QED) is 0.771. The molecule has 0 heterocycles. The molecule has 1 amide bonds. The molecule has 1 aliphatic carbocycles. The van der Waals surface area contributed by atoms with Crippen LogP contribution < -0.4 is 5.32 Å². The van der Waals surface area contributed by atoms with E-state index in [4.69, 9.17) is 0 Å². The average Bonchev–Trinajstić information content (AvgIpc) is 2.20. The number of rotatable bonds is 3.